The van der Waals surface area contributed by atoms with E-state index in [2.05, 4.69) is 5.32 Å². The van der Waals surface area contributed by atoms with Crippen molar-refractivity contribution < 1.29 is 28.6 Å². The molecule has 2 N–H and O–H groups in total. The van der Waals surface area contributed by atoms with Gasteiger partial charge in [0.15, 0.2) is 0 Å². The minimum absolute atomic E-state index is 0.143. The van der Waals surface area contributed by atoms with Gasteiger partial charge in [0, 0.05) is 30.6 Å². The van der Waals surface area contributed by atoms with E-state index in [4.69, 9.17) is 21.1 Å². The monoisotopic (exact) mass is 402 g/mol. The standard InChI is InChI=1S/C18H24ClFN2O5/c1-2-26-17(23)21-5-7-27-16(13-8-14(19)10-15(20)9-13)12-4-3-6-22(11-12)18(24)25/h8-10,12,16H,2-7,11H2,1H3,(H,21,23)(H,24,25)/t12?,16-/m1/s1. The summed E-state index contributed by atoms with van der Waals surface area (Å²) in [6, 6.07) is 4.16. The maximum atomic E-state index is 13.8. The third kappa shape index (κ3) is 6.55. The molecule has 0 radical (unpaired) electrons. The van der Waals surface area contributed by atoms with Gasteiger partial charge in [-0.2, -0.15) is 0 Å². The highest BCUT2D eigenvalue weighted by Gasteiger charge is 2.31. The Morgan fingerprint density at radius 3 is 2.89 bits per heavy atom. The van der Waals surface area contributed by atoms with E-state index in [1.165, 1.54) is 17.0 Å². The van der Waals surface area contributed by atoms with Gasteiger partial charge in [-0.1, -0.05) is 11.6 Å². The molecule has 0 aliphatic carbocycles. The van der Waals surface area contributed by atoms with Crippen LogP contribution in [-0.2, 0) is 9.47 Å². The van der Waals surface area contributed by atoms with Gasteiger partial charge < -0.3 is 24.8 Å². The van der Waals surface area contributed by atoms with Crippen molar-refractivity contribution in [2.75, 3.05) is 32.8 Å². The number of nitrogens with zero attached hydrogens (tertiary/aromatic N) is 1. The molecular weight excluding hydrogens is 379 g/mol. The number of hydrogen-bond donors (Lipinski definition) is 2. The molecule has 0 spiro atoms. The van der Waals surface area contributed by atoms with Crippen LogP contribution in [0.3, 0.4) is 0 Å². The van der Waals surface area contributed by atoms with Crippen molar-refractivity contribution in [3.8, 4) is 0 Å². The normalized spacial score (nSPS) is 18.0. The lowest BCUT2D eigenvalue weighted by molar-refractivity contribution is -0.0119. The van der Waals surface area contributed by atoms with E-state index in [9.17, 15) is 19.1 Å². The predicted molar refractivity (Wildman–Crippen MR) is 97.4 cm³/mol. The molecule has 1 saturated heterocycles. The summed E-state index contributed by atoms with van der Waals surface area (Å²) in [6.45, 7) is 3.11. The molecule has 0 bridgehead atoms. The van der Waals surface area contributed by atoms with Crippen molar-refractivity contribution in [3.63, 3.8) is 0 Å². The molecule has 1 aromatic carbocycles. The van der Waals surface area contributed by atoms with Crippen molar-refractivity contribution in [1.29, 1.82) is 0 Å². The van der Waals surface area contributed by atoms with Crippen LogP contribution in [0.2, 0.25) is 5.02 Å². The van der Waals surface area contributed by atoms with Crippen molar-refractivity contribution in [3.05, 3.63) is 34.6 Å². The molecule has 150 valence electrons. The van der Waals surface area contributed by atoms with Crippen molar-refractivity contribution in [1.82, 2.24) is 10.2 Å². The third-order valence-electron chi connectivity index (χ3n) is 4.31. The fraction of sp³-hybridized carbons (Fsp3) is 0.556. The number of halogens is 2. The Labute approximate surface area is 162 Å². The lowest BCUT2D eigenvalue weighted by Crippen LogP contribution is -2.41. The summed E-state index contributed by atoms with van der Waals surface area (Å²) in [5, 5.41) is 12.1. The maximum absolute atomic E-state index is 13.8. The lowest BCUT2D eigenvalue weighted by Gasteiger charge is -2.35. The predicted octanol–water partition coefficient (Wildman–Crippen LogP) is 3.67. The summed E-state index contributed by atoms with van der Waals surface area (Å²) in [5.74, 6) is -0.628. The average molecular weight is 403 g/mol. The molecule has 0 aromatic heterocycles. The van der Waals surface area contributed by atoms with Gasteiger partial charge in [0.05, 0.1) is 19.3 Å². The van der Waals surface area contributed by atoms with Gasteiger partial charge in [-0.3, -0.25) is 0 Å². The van der Waals surface area contributed by atoms with E-state index < -0.39 is 24.1 Å². The SMILES string of the molecule is CCOC(=O)NCCO[C@@H](c1cc(F)cc(Cl)c1)C1CCCN(C(=O)O)C1. The number of amides is 2. The first-order chi connectivity index (χ1) is 12.9. The smallest absolute Gasteiger partial charge is 0.407 e. The van der Waals surface area contributed by atoms with Gasteiger partial charge in [-0.15, -0.1) is 0 Å². The van der Waals surface area contributed by atoms with Crippen LogP contribution >= 0.6 is 11.6 Å². The minimum atomic E-state index is -0.986. The number of carbonyl (C=O) groups is 2. The number of rotatable bonds is 7. The number of piperidine rings is 1. The average Bonchev–Trinajstić information content (AvgIpc) is 2.61. The highest BCUT2D eigenvalue weighted by atomic mass is 35.5. The number of carbonyl (C=O) groups excluding carboxylic acids is 1. The molecular formula is C18H24ClFN2O5. The van der Waals surface area contributed by atoms with Crippen molar-refractivity contribution in [2.24, 2.45) is 5.92 Å². The number of carboxylic acid groups (broad SMARTS) is 1. The van der Waals surface area contributed by atoms with E-state index in [0.29, 0.717) is 25.1 Å². The van der Waals surface area contributed by atoms with Gasteiger partial charge in [0.1, 0.15) is 5.82 Å². The molecule has 27 heavy (non-hydrogen) atoms. The van der Waals surface area contributed by atoms with Crippen LogP contribution in [0.1, 0.15) is 31.4 Å². The lowest BCUT2D eigenvalue weighted by atomic mass is 9.88. The number of likely N-dealkylation sites (tertiary alicyclic amines) is 1. The first-order valence-corrected chi connectivity index (χ1v) is 9.24. The molecule has 9 heteroatoms. The van der Waals surface area contributed by atoms with Gasteiger partial charge in [-0.25, -0.2) is 14.0 Å². The molecule has 1 fully saturated rings. The number of nitrogens with one attached hydrogen (secondary N) is 1. The van der Waals surface area contributed by atoms with Crippen LogP contribution in [0.5, 0.6) is 0 Å². The van der Waals surface area contributed by atoms with E-state index in [1.54, 1.807) is 13.0 Å². The first-order valence-electron chi connectivity index (χ1n) is 8.86. The highest BCUT2D eigenvalue weighted by molar-refractivity contribution is 6.30. The number of benzene rings is 1. The second kappa shape index (κ2) is 10.3. The molecule has 2 atom stereocenters. The zero-order valence-electron chi connectivity index (χ0n) is 15.1. The molecule has 1 aromatic rings. The van der Waals surface area contributed by atoms with E-state index >= 15 is 0 Å². The van der Waals surface area contributed by atoms with E-state index in [1.807, 2.05) is 0 Å². The van der Waals surface area contributed by atoms with E-state index in [0.717, 1.165) is 6.42 Å². The minimum Gasteiger partial charge on any atom is -0.465 e. The Morgan fingerprint density at radius 1 is 1.44 bits per heavy atom. The largest absolute Gasteiger partial charge is 0.465 e. The van der Waals surface area contributed by atoms with Crippen LogP contribution in [0, 0.1) is 11.7 Å². The Morgan fingerprint density at radius 2 is 2.22 bits per heavy atom. The Bertz CT molecular complexity index is 640. The molecule has 7 nitrogen and oxygen atoms in total. The summed E-state index contributed by atoms with van der Waals surface area (Å²) in [4.78, 5) is 24.0. The molecule has 1 heterocycles. The molecule has 2 amide bonds. The van der Waals surface area contributed by atoms with Crippen molar-refractivity contribution >= 4 is 23.8 Å². The summed E-state index contributed by atoms with van der Waals surface area (Å²) in [6.07, 6.45) is -0.625. The van der Waals surface area contributed by atoms with Crippen LogP contribution < -0.4 is 5.32 Å². The second-order valence-corrected chi connectivity index (χ2v) is 6.71. The summed E-state index contributed by atoms with van der Waals surface area (Å²) >= 11 is 5.98. The zero-order valence-corrected chi connectivity index (χ0v) is 15.9. The quantitative estimate of drug-likeness (QED) is 0.679. The maximum Gasteiger partial charge on any atom is 0.407 e. The molecule has 1 unspecified atom stereocenters. The van der Waals surface area contributed by atoms with Crippen LogP contribution in [-0.4, -0.2) is 55.0 Å². The molecule has 0 saturated carbocycles. The molecule has 2 rings (SSSR count). The summed E-state index contributed by atoms with van der Waals surface area (Å²) in [5.41, 5.74) is 0.549. The second-order valence-electron chi connectivity index (χ2n) is 6.27. The topological polar surface area (TPSA) is 88.1 Å². The van der Waals surface area contributed by atoms with Gasteiger partial charge >= 0.3 is 12.2 Å². The summed E-state index contributed by atoms with van der Waals surface area (Å²) in [7, 11) is 0. The van der Waals surface area contributed by atoms with Gasteiger partial charge in [-0.05, 0) is 43.5 Å². The van der Waals surface area contributed by atoms with Crippen LogP contribution in [0.4, 0.5) is 14.0 Å². The fourth-order valence-electron chi connectivity index (χ4n) is 3.20. The van der Waals surface area contributed by atoms with Crippen molar-refractivity contribution in [2.45, 2.75) is 25.9 Å². The third-order valence-corrected chi connectivity index (χ3v) is 4.53. The van der Waals surface area contributed by atoms with Gasteiger partial charge in [0.2, 0.25) is 0 Å². The van der Waals surface area contributed by atoms with Crippen LogP contribution in [0.15, 0.2) is 18.2 Å². The number of hydrogen-bond acceptors (Lipinski definition) is 4. The Balaban J connectivity index is 2.08. The zero-order chi connectivity index (χ0) is 19.8. The number of alkyl carbamates (subject to hydrolysis) is 1. The van der Waals surface area contributed by atoms with Crippen LogP contribution in [0.25, 0.3) is 0 Å². The molecule has 1 aliphatic rings. The Kier molecular flexibility index (Phi) is 8.12. The van der Waals surface area contributed by atoms with E-state index in [-0.39, 0.29) is 30.7 Å². The summed E-state index contributed by atoms with van der Waals surface area (Å²) < 4.78 is 24.5. The molecule has 1 aliphatic heterocycles. The first kappa shape index (κ1) is 21.2. The highest BCUT2D eigenvalue weighted by Crippen LogP contribution is 2.34. The fourth-order valence-corrected chi connectivity index (χ4v) is 3.43. The van der Waals surface area contributed by atoms with Gasteiger partial charge in [0.25, 0.3) is 0 Å². The Hall–Kier alpha value is -2.06. The number of ether oxygens (including phenoxy) is 2.